The van der Waals surface area contributed by atoms with E-state index in [9.17, 15) is 4.79 Å². The molecule has 4 rings (SSSR count). The molecule has 0 unspecified atom stereocenters. The molecule has 1 N–H and O–H groups in total. The maximum atomic E-state index is 12.3. The first kappa shape index (κ1) is 18.1. The molecule has 1 aliphatic heterocycles. The van der Waals surface area contributed by atoms with E-state index in [-0.39, 0.29) is 18.0 Å². The van der Waals surface area contributed by atoms with Crippen LogP contribution in [0.15, 0.2) is 30.3 Å². The summed E-state index contributed by atoms with van der Waals surface area (Å²) >= 11 is 0. The molecule has 144 valence electrons. The number of aromatic nitrogens is 4. The highest BCUT2D eigenvalue weighted by Gasteiger charge is 2.26. The number of rotatable bonds is 5. The van der Waals surface area contributed by atoms with Crippen molar-refractivity contribution in [1.29, 1.82) is 0 Å². The Hall–Kier alpha value is -2.32. The summed E-state index contributed by atoms with van der Waals surface area (Å²) in [6.45, 7) is 3.57. The maximum absolute atomic E-state index is 12.3. The summed E-state index contributed by atoms with van der Waals surface area (Å²) in [5.41, 5.74) is 0.979. The summed E-state index contributed by atoms with van der Waals surface area (Å²) in [7, 11) is 0. The van der Waals surface area contributed by atoms with Crippen molar-refractivity contribution in [3.63, 3.8) is 0 Å². The van der Waals surface area contributed by atoms with Crippen LogP contribution in [-0.4, -0.2) is 69.9 Å². The molecule has 8 nitrogen and oxygen atoms in total. The molecule has 0 spiro atoms. The first-order valence-electron chi connectivity index (χ1n) is 9.72. The molecule has 1 aromatic heterocycles. The zero-order valence-electron chi connectivity index (χ0n) is 15.5. The number of hydrogen-bond acceptors (Lipinski definition) is 6. The summed E-state index contributed by atoms with van der Waals surface area (Å²) in [6, 6.07) is 10.4. The van der Waals surface area contributed by atoms with Crippen molar-refractivity contribution >= 4 is 5.91 Å². The Bertz CT molecular complexity index is 736. The Morgan fingerprint density at radius 3 is 2.59 bits per heavy atom. The molecule has 1 amide bonds. The minimum absolute atomic E-state index is 0.116. The number of nitrogens with zero attached hydrogens (tertiary/aromatic N) is 5. The summed E-state index contributed by atoms with van der Waals surface area (Å²) in [4.78, 5) is 16.1. The number of amides is 1. The molecular weight excluding hydrogens is 344 g/mol. The van der Waals surface area contributed by atoms with Crippen molar-refractivity contribution in [3.8, 4) is 11.4 Å². The number of nitrogens with one attached hydrogen (secondary N) is 1. The van der Waals surface area contributed by atoms with Crippen LogP contribution >= 0.6 is 0 Å². The number of benzene rings is 1. The van der Waals surface area contributed by atoms with E-state index in [0.29, 0.717) is 25.6 Å². The second-order valence-corrected chi connectivity index (χ2v) is 7.26. The van der Waals surface area contributed by atoms with Gasteiger partial charge in [-0.3, -0.25) is 9.69 Å². The minimum Gasteiger partial charge on any atom is -0.379 e. The van der Waals surface area contributed by atoms with Gasteiger partial charge >= 0.3 is 0 Å². The van der Waals surface area contributed by atoms with Gasteiger partial charge in [0, 0.05) is 24.7 Å². The maximum Gasteiger partial charge on any atom is 0.234 e. The van der Waals surface area contributed by atoms with Gasteiger partial charge < -0.3 is 10.1 Å². The van der Waals surface area contributed by atoms with Crippen molar-refractivity contribution in [1.82, 2.24) is 30.4 Å². The smallest absolute Gasteiger partial charge is 0.234 e. The third-order valence-corrected chi connectivity index (χ3v) is 5.32. The van der Waals surface area contributed by atoms with Gasteiger partial charge in [-0.1, -0.05) is 30.3 Å². The fourth-order valence-corrected chi connectivity index (χ4v) is 3.77. The topological polar surface area (TPSA) is 85.2 Å². The highest BCUT2D eigenvalue weighted by Crippen LogP contribution is 2.27. The predicted molar refractivity (Wildman–Crippen MR) is 99.9 cm³/mol. The van der Waals surface area contributed by atoms with E-state index in [1.807, 2.05) is 30.3 Å². The van der Waals surface area contributed by atoms with E-state index in [0.717, 1.165) is 44.3 Å². The molecule has 1 saturated heterocycles. The quantitative estimate of drug-likeness (QED) is 0.853. The molecule has 2 fully saturated rings. The molecule has 27 heavy (non-hydrogen) atoms. The first-order valence-corrected chi connectivity index (χ1v) is 9.72. The summed E-state index contributed by atoms with van der Waals surface area (Å²) < 4.78 is 5.32. The van der Waals surface area contributed by atoms with E-state index in [4.69, 9.17) is 4.74 Å². The van der Waals surface area contributed by atoms with E-state index < -0.39 is 0 Å². The van der Waals surface area contributed by atoms with Gasteiger partial charge in [-0.2, -0.15) is 4.80 Å². The predicted octanol–water partition coefficient (Wildman–Crippen LogP) is 1.27. The first-order chi connectivity index (χ1) is 13.3. The zero-order chi connectivity index (χ0) is 18.5. The third kappa shape index (κ3) is 4.70. The van der Waals surface area contributed by atoms with Crippen molar-refractivity contribution in [2.45, 2.75) is 37.8 Å². The Balaban J connectivity index is 1.25. The van der Waals surface area contributed by atoms with E-state index in [1.54, 1.807) is 4.80 Å². The van der Waals surface area contributed by atoms with Crippen molar-refractivity contribution < 1.29 is 9.53 Å². The molecule has 8 heteroatoms. The number of tetrazole rings is 1. The van der Waals surface area contributed by atoms with Gasteiger partial charge in [0.05, 0.1) is 25.8 Å². The molecule has 0 atom stereocenters. The Kier molecular flexibility index (Phi) is 5.74. The molecule has 0 radical (unpaired) electrons. The lowest BCUT2D eigenvalue weighted by atomic mass is 9.91. The molecule has 2 aliphatic rings. The van der Waals surface area contributed by atoms with E-state index in [2.05, 4.69) is 25.6 Å². The van der Waals surface area contributed by atoms with E-state index in [1.165, 1.54) is 0 Å². The lowest BCUT2D eigenvalue weighted by Gasteiger charge is -2.30. The standard InChI is InChI=1S/C19H26N6O2/c26-18(14-24-10-12-27-13-11-24)20-16-6-8-17(9-7-16)25-22-19(21-23-25)15-4-2-1-3-5-15/h1-5,16-17H,6-14H2,(H,20,26). The minimum atomic E-state index is 0.116. The van der Waals surface area contributed by atoms with Crippen LogP contribution in [0.4, 0.5) is 0 Å². The molecule has 2 aromatic rings. The summed E-state index contributed by atoms with van der Waals surface area (Å²) in [5, 5.41) is 16.2. The highest BCUT2D eigenvalue weighted by atomic mass is 16.5. The lowest BCUT2D eigenvalue weighted by molar-refractivity contribution is -0.124. The number of carbonyl (C=O) groups excluding carboxylic acids is 1. The van der Waals surface area contributed by atoms with Crippen LogP contribution in [-0.2, 0) is 9.53 Å². The molecular formula is C19H26N6O2. The average molecular weight is 370 g/mol. The average Bonchev–Trinajstić information content (AvgIpc) is 3.20. The molecule has 2 heterocycles. The van der Waals surface area contributed by atoms with Crippen LogP contribution in [0, 0.1) is 0 Å². The fraction of sp³-hybridized carbons (Fsp3) is 0.579. The highest BCUT2D eigenvalue weighted by molar-refractivity contribution is 5.78. The van der Waals surface area contributed by atoms with Gasteiger partial charge in [-0.15, -0.1) is 10.2 Å². The molecule has 1 aliphatic carbocycles. The van der Waals surface area contributed by atoms with Gasteiger partial charge in [0.1, 0.15) is 0 Å². The van der Waals surface area contributed by atoms with Crippen LogP contribution in [0.5, 0.6) is 0 Å². The third-order valence-electron chi connectivity index (χ3n) is 5.32. The van der Waals surface area contributed by atoms with Crippen LogP contribution in [0.2, 0.25) is 0 Å². The Morgan fingerprint density at radius 1 is 1.11 bits per heavy atom. The molecule has 0 bridgehead atoms. The van der Waals surface area contributed by atoms with Crippen molar-refractivity contribution in [2.75, 3.05) is 32.8 Å². The van der Waals surface area contributed by atoms with Gasteiger partial charge in [0.15, 0.2) is 0 Å². The Labute approximate surface area is 158 Å². The monoisotopic (exact) mass is 370 g/mol. The zero-order valence-corrected chi connectivity index (χ0v) is 15.5. The Morgan fingerprint density at radius 2 is 1.85 bits per heavy atom. The lowest BCUT2D eigenvalue weighted by Crippen LogP contribution is -2.46. The number of ether oxygens (including phenoxy) is 1. The number of hydrogen-bond donors (Lipinski definition) is 1. The summed E-state index contributed by atoms with van der Waals surface area (Å²) in [6.07, 6.45) is 3.80. The number of morpholine rings is 1. The largest absolute Gasteiger partial charge is 0.379 e. The number of carbonyl (C=O) groups is 1. The molecule has 1 aromatic carbocycles. The van der Waals surface area contributed by atoms with Crippen LogP contribution < -0.4 is 5.32 Å². The van der Waals surface area contributed by atoms with Crippen LogP contribution in [0.25, 0.3) is 11.4 Å². The van der Waals surface area contributed by atoms with Gasteiger partial charge in [-0.05, 0) is 30.9 Å². The van der Waals surface area contributed by atoms with Crippen molar-refractivity contribution in [3.05, 3.63) is 30.3 Å². The van der Waals surface area contributed by atoms with Gasteiger partial charge in [0.25, 0.3) is 0 Å². The summed E-state index contributed by atoms with van der Waals surface area (Å²) in [5.74, 6) is 0.780. The van der Waals surface area contributed by atoms with Gasteiger partial charge in [-0.25, -0.2) is 0 Å². The van der Waals surface area contributed by atoms with Crippen LogP contribution in [0.3, 0.4) is 0 Å². The van der Waals surface area contributed by atoms with E-state index >= 15 is 0 Å². The van der Waals surface area contributed by atoms with Gasteiger partial charge in [0.2, 0.25) is 11.7 Å². The normalized spacial score (nSPS) is 23.9. The van der Waals surface area contributed by atoms with Crippen LogP contribution in [0.1, 0.15) is 31.7 Å². The van der Waals surface area contributed by atoms with Crippen molar-refractivity contribution in [2.24, 2.45) is 0 Å². The SMILES string of the molecule is O=C(CN1CCOCC1)NC1CCC(n2nnc(-c3ccccc3)n2)CC1. The second kappa shape index (κ2) is 8.58. The molecule has 1 saturated carbocycles. The fourth-order valence-electron chi connectivity index (χ4n) is 3.77. The second-order valence-electron chi connectivity index (χ2n) is 7.26.